The van der Waals surface area contributed by atoms with Crippen molar-refractivity contribution in [3.05, 3.63) is 47.0 Å². The Morgan fingerprint density at radius 3 is 2.92 bits per heavy atom. The summed E-state index contributed by atoms with van der Waals surface area (Å²) in [6.45, 7) is 10.4. The zero-order valence-corrected chi connectivity index (χ0v) is 16.1. The van der Waals surface area contributed by atoms with Gasteiger partial charge in [-0.1, -0.05) is 34.2 Å². The highest BCUT2D eigenvalue weighted by Gasteiger charge is 2.12. The van der Waals surface area contributed by atoms with E-state index in [4.69, 9.17) is 0 Å². The molecule has 1 rings (SSSR count). The topological polar surface area (TPSA) is 48.2 Å². The number of nitrogens with zero attached hydrogens (tertiary/aromatic N) is 3. The Labute approximate surface area is 154 Å². The molecule has 0 saturated carbocycles. The van der Waals surface area contributed by atoms with E-state index in [2.05, 4.69) is 57.2 Å². The van der Waals surface area contributed by atoms with Crippen molar-refractivity contribution >= 4 is 28.4 Å². The van der Waals surface area contributed by atoms with Crippen LogP contribution in [0.25, 0.3) is 0 Å². The minimum absolute atomic E-state index is 0.360. The highest BCUT2D eigenvalue weighted by Crippen LogP contribution is 2.26. The molecule has 132 valence electrons. The van der Waals surface area contributed by atoms with Gasteiger partial charge in [0.25, 0.3) is 0 Å². The average molecular weight is 394 g/mol. The van der Waals surface area contributed by atoms with E-state index >= 15 is 0 Å². The maximum Gasteiger partial charge on any atom is 0.0769 e. The lowest BCUT2D eigenvalue weighted by Crippen LogP contribution is -2.23. The summed E-state index contributed by atoms with van der Waals surface area (Å²) >= 11 is 3.53. The minimum Gasteiger partial charge on any atom is -0.389 e. The third-order valence-corrected chi connectivity index (χ3v) is 4.51. The van der Waals surface area contributed by atoms with Crippen LogP contribution >= 0.6 is 15.9 Å². The van der Waals surface area contributed by atoms with E-state index in [0.29, 0.717) is 19.5 Å². The highest BCUT2D eigenvalue weighted by molar-refractivity contribution is 9.12. The van der Waals surface area contributed by atoms with Gasteiger partial charge in [-0.2, -0.15) is 0 Å². The molecule has 0 radical (unpaired) electrons. The molecule has 0 heterocycles. The maximum atomic E-state index is 9.58. The van der Waals surface area contributed by atoms with Crippen molar-refractivity contribution in [2.24, 2.45) is 9.98 Å². The zero-order chi connectivity index (χ0) is 17.8. The van der Waals surface area contributed by atoms with Crippen LogP contribution in [0, 0.1) is 0 Å². The molecule has 1 aliphatic rings. The smallest absolute Gasteiger partial charge is 0.0769 e. The molecule has 0 aromatic rings. The molecule has 0 aliphatic heterocycles. The van der Waals surface area contributed by atoms with Crippen LogP contribution in [0.5, 0.6) is 0 Å². The van der Waals surface area contributed by atoms with Gasteiger partial charge in [-0.25, -0.2) is 0 Å². The number of aliphatic hydroxyl groups is 1. The summed E-state index contributed by atoms with van der Waals surface area (Å²) in [6.07, 6.45) is 12.0. The summed E-state index contributed by atoms with van der Waals surface area (Å²) in [7, 11) is 2.12. The fourth-order valence-corrected chi connectivity index (χ4v) is 2.98. The van der Waals surface area contributed by atoms with Crippen molar-refractivity contribution < 1.29 is 5.11 Å². The zero-order valence-electron chi connectivity index (χ0n) is 14.5. The molecule has 0 spiro atoms. The Morgan fingerprint density at radius 2 is 2.25 bits per heavy atom. The quantitative estimate of drug-likeness (QED) is 0.430. The minimum atomic E-state index is -0.360. The SMILES string of the molecule is C=CCN=C(/C=C\CN=C)CCN(C)CCC1=CCC(O)C=C1Br. The first kappa shape index (κ1) is 20.7. The molecule has 1 atom stereocenters. The molecule has 0 fully saturated rings. The molecule has 0 aromatic heterocycles. The van der Waals surface area contributed by atoms with E-state index in [0.717, 1.165) is 36.1 Å². The molecule has 0 amide bonds. The van der Waals surface area contributed by atoms with Gasteiger partial charge in [0.15, 0.2) is 0 Å². The molecule has 0 aromatic carbocycles. The number of allylic oxidation sites excluding steroid dienone is 2. The van der Waals surface area contributed by atoms with Gasteiger partial charge in [0.1, 0.15) is 0 Å². The van der Waals surface area contributed by atoms with Crippen LogP contribution in [-0.2, 0) is 0 Å². The summed E-state index contributed by atoms with van der Waals surface area (Å²) < 4.78 is 1.02. The van der Waals surface area contributed by atoms with Crippen molar-refractivity contribution in [3.8, 4) is 0 Å². The normalized spacial score (nSPS) is 18.7. The van der Waals surface area contributed by atoms with E-state index in [1.165, 1.54) is 5.57 Å². The molecule has 5 heteroatoms. The molecule has 0 bridgehead atoms. The van der Waals surface area contributed by atoms with Crippen molar-refractivity contribution in [3.63, 3.8) is 0 Å². The molecule has 24 heavy (non-hydrogen) atoms. The predicted octanol–water partition coefficient (Wildman–Crippen LogP) is 3.55. The number of halogens is 1. The van der Waals surface area contributed by atoms with Crippen molar-refractivity contribution in [1.29, 1.82) is 0 Å². The van der Waals surface area contributed by atoms with Crippen LogP contribution in [0.3, 0.4) is 0 Å². The van der Waals surface area contributed by atoms with Gasteiger partial charge in [0.2, 0.25) is 0 Å². The molecule has 1 unspecified atom stereocenters. The van der Waals surface area contributed by atoms with Gasteiger partial charge in [0, 0.05) is 29.7 Å². The first-order valence-corrected chi connectivity index (χ1v) is 9.02. The Kier molecular flexibility index (Phi) is 10.5. The lowest BCUT2D eigenvalue weighted by molar-refractivity contribution is 0.224. The Hall–Kier alpha value is -1.30. The van der Waals surface area contributed by atoms with Crippen LogP contribution < -0.4 is 0 Å². The predicted molar refractivity (Wildman–Crippen MR) is 109 cm³/mol. The lowest BCUT2D eigenvalue weighted by Gasteiger charge is -2.20. The maximum absolute atomic E-state index is 9.58. The van der Waals surface area contributed by atoms with Gasteiger partial charge in [-0.05, 0) is 44.3 Å². The third kappa shape index (κ3) is 8.52. The number of hydrogen-bond acceptors (Lipinski definition) is 4. The Bertz CT molecular complexity index is 535. The summed E-state index contributed by atoms with van der Waals surface area (Å²) in [6, 6.07) is 0. The second-order valence-corrected chi connectivity index (χ2v) is 6.63. The first-order chi connectivity index (χ1) is 11.6. The van der Waals surface area contributed by atoms with Gasteiger partial charge < -0.3 is 10.0 Å². The van der Waals surface area contributed by atoms with Crippen molar-refractivity contribution in [1.82, 2.24) is 4.90 Å². The Morgan fingerprint density at radius 1 is 1.46 bits per heavy atom. The van der Waals surface area contributed by atoms with E-state index in [1.807, 2.05) is 18.2 Å². The summed E-state index contributed by atoms with van der Waals surface area (Å²) in [5.41, 5.74) is 2.33. The number of aliphatic imine (C=N–C) groups is 2. The van der Waals surface area contributed by atoms with Crippen LogP contribution in [0.15, 0.2) is 57.0 Å². The molecule has 4 nitrogen and oxygen atoms in total. The first-order valence-electron chi connectivity index (χ1n) is 8.23. The van der Waals surface area contributed by atoms with E-state index in [1.54, 1.807) is 6.08 Å². The average Bonchev–Trinajstić information content (AvgIpc) is 2.56. The highest BCUT2D eigenvalue weighted by atomic mass is 79.9. The molecule has 0 saturated heterocycles. The van der Waals surface area contributed by atoms with E-state index < -0.39 is 0 Å². The fourth-order valence-electron chi connectivity index (χ4n) is 2.31. The number of rotatable bonds is 11. The van der Waals surface area contributed by atoms with Gasteiger partial charge >= 0.3 is 0 Å². The summed E-state index contributed by atoms with van der Waals surface area (Å²) in [4.78, 5) is 10.6. The number of aliphatic hydroxyl groups excluding tert-OH is 1. The Balaban J connectivity index is 2.42. The molecule has 1 aliphatic carbocycles. The van der Waals surface area contributed by atoms with Crippen molar-refractivity contribution in [2.45, 2.75) is 25.4 Å². The molecule has 1 N–H and O–H groups in total. The summed E-state index contributed by atoms with van der Waals surface area (Å²) in [5, 5.41) is 9.58. The standard InChI is InChI=1S/C19H28BrN3O/c1-4-11-22-17(6-5-12-21-2)10-14-23(3)13-9-16-7-8-18(24)15-19(16)20/h4-7,15,18,24H,1-2,8-14H2,3H3/b6-5-,22-17?. The summed E-state index contributed by atoms with van der Waals surface area (Å²) in [5.74, 6) is 0. The van der Waals surface area contributed by atoms with Gasteiger partial charge in [-0.3, -0.25) is 9.98 Å². The van der Waals surface area contributed by atoms with Gasteiger partial charge in [0.05, 0.1) is 19.2 Å². The van der Waals surface area contributed by atoms with Gasteiger partial charge in [-0.15, -0.1) is 6.58 Å². The molecular formula is C19H28BrN3O. The second-order valence-electron chi connectivity index (χ2n) is 5.78. The number of hydrogen-bond donors (Lipinski definition) is 1. The second kappa shape index (κ2) is 12.1. The van der Waals surface area contributed by atoms with Crippen LogP contribution in [-0.4, -0.2) is 61.8 Å². The monoisotopic (exact) mass is 393 g/mol. The largest absolute Gasteiger partial charge is 0.389 e. The molecular weight excluding hydrogens is 366 g/mol. The van der Waals surface area contributed by atoms with E-state index in [9.17, 15) is 5.11 Å². The fraction of sp³-hybridized carbons (Fsp3) is 0.474. The third-order valence-electron chi connectivity index (χ3n) is 3.73. The lowest BCUT2D eigenvalue weighted by atomic mass is 10.0. The van der Waals surface area contributed by atoms with Crippen LogP contribution in [0.1, 0.15) is 19.3 Å². The van der Waals surface area contributed by atoms with Crippen LogP contribution in [0.4, 0.5) is 0 Å². The van der Waals surface area contributed by atoms with E-state index in [-0.39, 0.29) is 6.10 Å². The van der Waals surface area contributed by atoms with Crippen LogP contribution in [0.2, 0.25) is 0 Å². The van der Waals surface area contributed by atoms with Crippen molar-refractivity contribution in [2.75, 3.05) is 33.2 Å².